The van der Waals surface area contributed by atoms with Crippen LogP contribution < -0.4 is 5.46 Å². The molecule has 0 radical (unpaired) electrons. The topological polar surface area (TPSA) is 209 Å². The number of hydrogen-bond acceptors (Lipinski definition) is 16. The quantitative estimate of drug-likeness (QED) is 0.0928. The number of carbonyl (C=O) groups is 2. The fourth-order valence-corrected chi connectivity index (χ4v) is 11.6. The van der Waals surface area contributed by atoms with Crippen LogP contribution in [0.1, 0.15) is 94.9 Å². The molecule has 22 heteroatoms. The molecular formula is C46H58BBr2IN4O12S2. The van der Waals surface area contributed by atoms with E-state index in [0.29, 0.717) is 10.3 Å². The van der Waals surface area contributed by atoms with Gasteiger partial charge in [-0.05, 0) is 153 Å². The zero-order valence-corrected chi connectivity index (χ0v) is 46.8. The van der Waals surface area contributed by atoms with E-state index in [0.717, 1.165) is 19.3 Å². The van der Waals surface area contributed by atoms with Crippen molar-refractivity contribution in [1.82, 2.24) is 19.9 Å². The molecule has 16 nitrogen and oxygen atoms in total. The van der Waals surface area contributed by atoms with Crippen LogP contribution in [0, 0.1) is 3.70 Å². The third kappa shape index (κ3) is 13.1. The van der Waals surface area contributed by atoms with Gasteiger partial charge < -0.3 is 28.3 Å². The molecule has 3 saturated heterocycles. The minimum Gasteiger partial charge on any atom is -0.459 e. The Balaban J connectivity index is 0.000000218. The number of nitrogens with zero attached hydrogens (tertiary/aromatic N) is 4. The third-order valence-corrected chi connectivity index (χ3v) is 17.9. The van der Waals surface area contributed by atoms with Crippen LogP contribution in [0.15, 0.2) is 92.3 Å². The Labute approximate surface area is 430 Å². The Morgan fingerprint density at radius 1 is 0.603 bits per heavy atom. The molecule has 0 amide bonds. The SMILES string of the molecule is Brc1cnc(I)cn1.CC(C)(C)OC(=O)C1(S(=O)(=O)c2ccc(-c3cnc(Br)cn3)cc2)CCOCC1.CC(C)(C)OC(=O)C1(S(=O)(=O)c2ccc(B3OC(C)(C)C(C)(C)O3)cc2)CCOCC1. The van der Waals surface area contributed by atoms with Crippen molar-refractivity contribution in [1.29, 1.82) is 0 Å². The smallest absolute Gasteiger partial charge is 0.459 e. The lowest BCUT2D eigenvalue weighted by Gasteiger charge is -2.36. The van der Waals surface area contributed by atoms with Gasteiger partial charge in [0.05, 0.1) is 51.5 Å². The molecule has 2 aromatic carbocycles. The summed E-state index contributed by atoms with van der Waals surface area (Å²) in [7, 11) is -8.61. The van der Waals surface area contributed by atoms with Gasteiger partial charge in [0, 0.05) is 57.7 Å². The van der Waals surface area contributed by atoms with E-state index in [1.54, 1.807) is 90.6 Å². The number of hydrogen-bond donors (Lipinski definition) is 0. The molecule has 3 fully saturated rings. The van der Waals surface area contributed by atoms with Gasteiger partial charge in [-0.3, -0.25) is 14.6 Å². The molecular weight excluding hydrogens is 1160 g/mol. The van der Waals surface area contributed by atoms with E-state index in [1.165, 1.54) is 24.3 Å². The summed E-state index contributed by atoms with van der Waals surface area (Å²) in [5.41, 5.74) is -0.514. The van der Waals surface area contributed by atoms with Gasteiger partial charge in [-0.25, -0.2) is 31.8 Å². The van der Waals surface area contributed by atoms with E-state index in [4.69, 9.17) is 28.3 Å². The molecule has 0 spiro atoms. The van der Waals surface area contributed by atoms with Gasteiger partial charge in [0.15, 0.2) is 29.2 Å². The van der Waals surface area contributed by atoms with Crippen LogP contribution in [0.4, 0.5) is 0 Å². The van der Waals surface area contributed by atoms with Crippen LogP contribution in [0.25, 0.3) is 11.3 Å². The van der Waals surface area contributed by atoms with Crippen molar-refractivity contribution in [3.8, 4) is 11.3 Å². The predicted octanol–water partition coefficient (Wildman–Crippen LogP) is 8.06. The van der Waals surface area contributed by atoms with Crippen LogP contribution in [0.5, 0.6) is 0 Å². The molecule has 3 aliphatic rings. The second-order valence-corrected chi connectivity index (χ2v) is 26.5. The summed E-state index contributed by atoms with van der Waals surface area (Å²) in [6.07, 6.45) is 6.76. The molecule has 0 saturated carbocycles. The van der Waals surface area contributed by atoms with Crippen molar-refractivity contribution in [2.24, 2.45) is 0 Å². The number of esters is 2. The van der Waals surface area contributed by atoms with Crippen molar-refractivity contribution in [3.63, 3.8) is 0 Å². The average Bonchev–Trinajstić information content (AvgIpc) is 3.50. The van der Waals surface area contributed by atoms with Gasteiger partial charge in [-0.1, -0.05) is 24.3 Å². The first-order valence-electron chi connectivity index (χ1n) is 21.7. The highest BCUT2D eigenvalue weighted by Gasteiger charge is 2.56. The minimum atomic E-state index is -4.02. The van der Waals surface area contributed by atoms with E-state index in [1.807, 2.05) is 27.7 Å². The summed E-state index contributed by atoms with van der Waals surface area (Å²) >= 11 is 8.50. The number of sulfone groups is 2. The van der Waals surface area contributed by atoms with Crippen molar-refractivity contribution in [2.75, 3.05) is 26.4 Å². The molecule has 5 heterocycles. The molecule has 0 aliphatic carbocycles. The van der Waals surface area contributed by atoms with Gasteiger partial charge in [-0.2, -0.15) is 0 Å². The first kappa shape index (κ1) is 56.0. The molecule has 0 atom stereocenters. The highest BCUT2D eigenvalue weighted by Crippen LogP contribution is 2.40. The van der Waals surface area contributed by atoms with Crippen LogP contribution >= 0.6 is 54.5 Å². The standard InChI is InChI=1S/C22H33BO7S.C20H23BrN2O5S.C4H2BrIN2/c1-19(2,3)28-18(24)22(12-14-27-15-13-22)31(25,26)17-10-8-16(9-11-17)23-29-20(4,5)21(6,7)30-23;1-19(2,3)28-18(24)20(8-10-27-11-9-20)29(25,26)15-6-4-14(5-7-15)16-12-23-17(21)13-22-16;5-3-1-8-4(6)2-7-3/h8-11H,12-15H2,1-7H3;4-7,12-13H,8-11H2,1-3H3;1-2H. The zero-order chi connectivity index (χ0) is 50.6. The van der Waals surface area contributed by atoms with Crippen molar-refractivity contribution in [3.05, 3.63) is 86.2 Å². The summed E-state index contributed by atoms with van der Waals surface area (Å²) < 4.78 is 87.2. The Bertz CT molecular complexity index is 2560. The number of carbonyl (C=O) groups excluding carboxylic acids is 2. The summed E-state index contributed by atoms with van der Waals surface area (Å²) in [6.45, 7) is 18.9. The maximum atomic E-state index is 13.7. The van der Waals surface area contributed by atoms with Crippen molar-refractivity contribution >= 4 is 98.6 Å². The molecule has 68 heavy (non-hydrogen) atoms. The van der Waals surface area contributed by atoms with Gasteiger partial charge >= 0.3 is 19.1 Å². The maximum absolute atomic E-state index is 13.7. The zero-order valence-electron chi connectivity index (χ0n) is 39.8. The predicted molar refractivity (Wildman–Crippen MR) is 271 cm³/mol. The third-order valence-electron chi connectivity index (χ3n) is 11.6. The van der Waals surface area contributed by atoms with E-state index >= 15 is 0 Å². The molecule has 7 rings (SSSR count). The lowest BCUT2D eigenvalue weighted by atomic mass is 9.79. The van der Waals surface area contributed by atoms with Crippen LogP contribution in [-0.4, -0.2) is 114 Å². The Morgan fingerprint density at radius 2 is 0.985 bits per heavy atom. The normalized spacial score (nSPS) is 18.8. The van der Waals surface area contributed by atoms with Crippen molar-refractivity contribution < 1.29 is 54.7 Å². The number of benzene rings is 2. The molecule has 4 aromatic rings. The number of rotatable bonds is 8. The van der Waals surface area contributed by atoms with Gasteiger partial charge in [0.25, 0.3) is 0 Å². The Kier molecular flexibility index (Phi) is 17.9. The molecule has 0 bridgehead atoms. The monoisotopic (exact) mass is 1220 g/mol. The Morgan fingerprint density at radius 3 is 1.32 bits per heavy atom. The largest absolute Gasteiger partial charge is 0.494 e. The highest BCUT2D eigenvalue weighted by atomic mass is 127. The first-order valence-corrected chi connectivity index (χ1v) is 27.4. The van der Waals surface area contributed by atoms with E-state index in [-0.39, 0.29) is 61.9 Å². The Hall–Kier alpha value is -2.97. The summed E-state index contributed by atoms with van der Waals surface area (Å²) in [4.78, 5) is 42.5. The molecule has 0 N–H and O–H groups in total. The maximum Gasteiger partial charge on any atom is 0.494 e. The first-order chi connectivity index (χ1) is 31.5. The average molecular weight is 1220 g/mol. The van der Waals surface area contributed by atoms with E-state index < -0.39 is 70.6 Å². The highest BCUT2D eigenvalue weighted by molar-refractivity contribution is 14.1. The minimum absolute atomic E-state index is 0.0588. The number of ether oxygens (including phenoxy) is 4. The van der Waals surface area contributed by atoms with Crippen LogP contribution in [0.3, 0.4) is 0 Å². The summed E-state index contributed by atoms with van der Waals surface area (Å²) in [5, 5.41) is 0. The fraction of sp³-hybridized carbons (Fsp3) is 0.522. The van der Waals surface area contributed by atoms with Gasteiger partial charge in [-0.15, -0.1) is 0 Å². The molecule has 370 valence electrons. The molecule has 0 unspecified atom stereocenters. The molecule has 3 aliphatic heterocycles. The van der Waals surface area contributed by atoms with Crippen LogP contribution in [0.2, 0.25) is 0 Å². The second kappa shape index (κ2) is 21.8. The molecule has 2 aromatic heterocycles. The summed E-state index contributed by atoms with van der Waals surface area (Å²) in [5.74, 6) is -1.45. The lowest BCUT2D eigenvalue weighted by Crippen LogP contribution is -2.53. The number of halogens is 3. The van der Waals surface area contributed by atoms with E-state index in [2.05, 4.69) is 74.4 Å². The fourth-order valence-electron chi connectivity index (χ4n) is 7.11. The lowest BCUT2D eigenvalue weighted by molar-refractivity contribution is -0.161. The van der Waals surface area contributed by atoms with Gasteiger partial charge in [0.1, 0.15) is 24.1 Å². The van der Waals surface area contributed by atoms with Crippen molar-refractivity contribution in [2.45, 2.75) is 137 Å². The summed E-state index contributed by atoms with van der Waals surface area (Å²) in [6, 6.07) is 12.7. The van der Waals surface area contributed by atoms with E-state index in [9.17, 15) is 26.4 Å². The van der Waals surface area contributed by atoms with Crippen LogP contribution in [-0.2, 0) is 57.5 Å². The van der Waals surface area contributed by atoms with Gasteiger partial charge in [0.2, 0.25) is 0 Å². The second-order valence-electron chi connectivity index (χ2n) is 19.3. The number of aromatic nitrogens is 4.